The van der Waals surface area contributed by atoms with E-state index in [4.69, 9.17) is 0 Å². The van der Waals surface area contributed by atoms with Crippen molar-refractivity contribution in [2.75, 3.05) is 19.3 Å². The summed E-state index contributed by atoms with van der Waals surface area (Å²) in [7, 11) is -3.28. The monoisotopic (exact) mass is 362 g/mol. The van der Waals surface area contributed by atoms with Gasteiger partial charge in [0.1, 0.15) is 5.69 Å². The fraction of sp³-hybridized carbons (Fsp3) is 0.412. The average Bonchev–Trinajstić information content (AvgIpc) is 3.10. The highest BCUT2D eigenvalue weighted by atomic mass is 32.2. The Morgan fingerprint density at radius 2 is 2.08 bits per heavy atom. The summed E-state index contributed by atoms with van der Waals surface area (Å²) in [5.41, 5.74) is 2.07. The second-order valence-electron chi connectivity index (χ2n) is 6.30. The molecule has 134 valence electrons. The number of sulfonamides is 1. The lowest BCUT2D eigenvalue weighted by molar-refractivity contribution is 0.0612. The van der Waals surface area contributed by atoms with Crippen molar-refractivity contribution in [1.29, 1.82) is 0 Å². The molecule has 0 radical (unpaired) electrons. The number of carbonyl (C=O) groups is 1. The molecule has 3 rings (SSSR count). The van der Waals surface area contributed by atoms with Crippen LogP contribution in [0.3, 0.4) is 0 Å². The second kappa shape index (κ2) is 7.37. The van der Waals surface area contributed by atoms with Crippen molar-refractivity contribution in [2.24, 2.45) is 0 Å². The van der Waals surface area contributed by atoms with E-state index >= 15 is 0 Å². The molecule has 2 heterocycles. The van der Waals surface area contributed by atoms with E-state index in [0.29, 0.717) is 17.9 Å². The van der Waals surface area contributed by atoms with Crippen LogP contribution in [-0.4, -0.2) is 54.8 Å². The van der Waals surface area contributed by atoms with Crippen LogP contribution >= 0.6 is 0 Å². The number of likely N-dealkylation sites (tertiary alicyclic amines) is 1. The first-order chi connectivity index (χ1) is 11.9. The minimum absolute atomic E-state index is 0.139. The maximum atomic E-state index is 12.9. The Kier molecular flexibility index (Phi) is 5.19. The maximum Gasteiger partial charge on any atom is 0.272 e. The molecule has 1 fully saturated rings. The van der Waals surface area contributed by atoms with E-state index in [0.717, 1.165) is 31.1 Å². The van der Waals surface area contributed by atoms with Gasteiger partial charge >= 0.3 is 0 Å². The molecule has 1 aliphatic heterocycles. The van der Waals surface area contributed by atoms with Crippen molar-refractivity contribution in [3.63, 3.8) is 0 Å². The number of piperidine rings is 1. The van der Waals surface area contributed by atoms with E-state index in [-0.39, 0.29) is 18.5 Å². The lowest BCUT2D eigenvalue weighted by Gasteiger charge is -2.35. The molecule has 1 amide bonds. The Balaban J connectivity index is 1.75. The van der Waals surface area contributed by atoms with Gasteiger partial charge in [-0.05, 0) is 25.3 Å². The third kappa shape index (κ3) is 4.46. The van der Waals surface area contributed by atoms with Crippen molar-refractivity contribution in [2.45, 2.75) is 25.3 Å². The van der Waals surface area contributed by atoms with Gasteiger partial charge in [0.05, 0.1) is 11.9 Å². The second-order valence-corrected chi connectivity index (χ2v) is 8.13. The Labute approximate surface area is 147 Å². The molecule has 1 saturated heterocycles. The Morgan fingerprint density at radius 1 is 1.32 bits per heavy atom. The standard InChI is InChI=1S/C17H22N4O3S/c1-25(23,24)18-12-14-9-5-6-10-21(14)17(22)16-11-15(19-20-16)13-7-3-2-4-8-13/h2-4,7-8,11,14,18H,5-6,9-10,12H2,1H3,(H,19,20)/t14-/m0/s1. The molecule has 0 saturated carbocycles. The number of nitrogens with one attached hydrogen (secondary N) is 2. The Morgan fingerprint density at radius 3 is 2.80 bits per heavy atom. The maximum absolute atomic E-state index is 12.9. The minimum atomic E-state index is -3.28. The van der Waals surface area contributed by atoms with Gasteiger partial charge in [-0.25, -0.2) is 13.1 Å². The average molecular weight is 362 g/mol. The number of nitrogens with zero attached hydrogens (tertiary/aromatic N) is 2. The molecule has 8 heteroatoms. The third-order valence-corrected chi connectivity index (χ3v) is 5.04. The molecule has 2 N–H and O–H groups in total. The zero-order valence-corrected chi connectivity index (χ0v) is 14.9. The van der Waals surface area contributed by atoms with Gasteiger partial charge in [-0.1, -0.05) is 30.3 Å². The van der Waals surface area contributed by atoms with Crippen LogP contribution < -0.4 is 4.72 Å². The van der Waals surface area contributed by atoms with Crippen LogP contribution in [0.25, 0.3) is 11.3 Å². The SMILES string of the molecule is CS(=O)(=O)NC[C@@H]1CCCCN1C(=O)c1cc(-c2ccccc2)n[nH]1. The highest BCUT2D eigenvalue weighted by Gasteiger charge is 2.29. The zero-order chi connectivity index (χ0) is 17.9. The Bertz CT molecular complexity index is 833. The summed E-state index contributed by atoms with van der Waals surface area (Å²) in [4.78, 5) is 14.6. The topological polar surface area (TPSA) is 95.2 Å². The molecule has 0 unspecified atom stereocenters. The van der Waals surface area contributed by atoms with Crippen LogP contribution in [0, 0.1) is 0 Å². The fourth-order valence-electron chi connectivity index (χ4n) is 3.07. The van der Waals surface area contributed by atoms with Crippen LogP contribution in [0.4, 0.5) is 0 Å². The smallest absolute Gasteiger partial charge is 0.272 e. The quantitative estimate of drug-likeness (QED) is 0.845. The van der Waals surface area contributed by atoms with Crippen molar-refractivity contribution in [3.8, 4) is 11.3 Å². The number of rotatable bonds is 5. The third-order valence-electron chi connectivity index (χ3n) is 4.35. The molecule has 2 aromatic rings. The predicted octanol–water partition coefficient (Wildman–Crippen LogP) is 1.62. The van der Waals surface area contributed by atoms with Gasteiger partial charge in [0.25, 0.3) is 5.91 Å². The molecular weight excluding hydrogens is 340 g/mol. The van der Waals surface area contributed by atoms with E-state index in [1.807, 2.05) is 30.3 Å². The molecule has 1 aromatic heterocycles. The lowest BCUT2D eigenvalue weighted by Crippen LogP contribution is -2.49. The van der Waals surface area contributed by atoms with Crippen molar-refractivity contribution in [1.82, 2.24) is 19.8 Å². The van der Waals surface area contributed by atoms with Crippen LogP contribution in [0.5, 0.6) is 0 Å². The van der Waals surface area contributed by atoms with Gasteiger partial charge in [-0.3, -0.25) is 9.89 Å². The summed E-state index contributed by atoms with van der Waals surface area (Å²) in [6, 6.07) is 11.2. The van der Waals surface area contributed by atoms with Crippen molar-refractivity contribution in [3.05, 3.63) is 42.1 Å². The lowest BCUT2D eigenvalue weighted by atomic mass is 10.0. The molecule has 0 aliphatic carbocycles. The predicted molar refractivity (Wildman–Crippen MR) is 95.5 cm³/mol. The van der Waals surface area contributed by atoms with Crippen molar-refractivity contribution < 1.29 is 13.2 Å². The van der Waals surface area contributed by atoms with E-state index < -0.39 is 10.0 Å². The van der Waals surface area contributed by atoms with Crippen molar-refractivity contribution >= 4 is 15.9 Å². The molecule has 7 nitrogen and oxygen atoms in total. The minimum Gasteiger partial charge on any atom is -0.333 e. The van der Waals surface area contributed by atoms with Gasteiger partial charge in [0, 0.05) is 24.7 Å². The number of hydrogen-bond donors (Lipinski definition) is 2. The fourth-order valence-corrected chi connectivity index (χ4v) is 3.57. The summed E-state index contributed by atoms with van der Waals surface area (Å²) >= 11 is 0. The van der Waals surface area contributed by atoms with Crippen LogP contribution in [0.2, 0.25) is 0 Å². The van der Waals surface area contributed by atoms with Gasteiger partial charge in [-0.2, -0.15) is 5.10 Å². The number of H-pyrrole nitrogens is 1. The summed E-state index contributed by atoms with van der Waals surface area (Å²) in [6.45, 7) is 0.860. The number of aromatic nitrogens is 2. The normalized spacial score (nSPS) is 18.3. The Hall–Kier alpha value is -2.19. The number of amides is 1. The van der Waals surface area contributed by atoms with Crippen LogP contribution in [-0.2, 0) is 10.0 Å². The first-order valence-electron chi connectivity index (χ1n) is 8.30. The van der Waals surface area contributed by atoms with Crippen LogP contribution in [0.15, 0.2) is 36.4 Å². The number of aromatic amines is 1. The van der Waals surface area contributed by atoms with E-state index in [9.17, 15) is 13.2 Å². The number of hydrogen-bond acceptors (Lipinski definition) is 4. The molecule has 1 atom stereocenters. The summed E-state index contributed by atoms with van der Waals surface area (Å²) in [5.74, 6) is -0.144. The van der Waals surface area contributed by atoms with Gasteiger partial charge < -0.3 is 4.90 Å². The molecule has 1 aromatic carbocycles. The van der Waals surface area contributed by atoms with E-state index in [2.05, 4.69) is 14.9 Å². The molecule has 0 spiro atoms. The van der Waals surface area contributed by atoms with E-state index in [1.54, 1.807) is 11.0 Å². The highest BCUT2D eigenvalue weighted by Crippen LogP contribution is 2.22. The zero-order valence-electron chi connectivity index (χ0n) is 14.1. The van der Waals surface area contributed by atoms with Gasteiger partial charge in [0.15, 0.2) is 0 Å². The molecule has 1 aliphatic rings. The first-order valence-corrected chi connectivity index (χ1v) is 10.2. The van der Waals surface area contributed by atoms with E-state index in [1.165, 1.54) is 0 Å². The summed E-state index contributed by atoms with van der Waals surface area (Å²) in [6.07, 6.45) is 3.82. The molecular formula is C17H22N4O3S. The summed E-state index contributed by atoms with van der Waals surface area (Å²) < 4.78 is 25.2. The van der Waals surface area contributed by atoms with Gasteiger partial charge in [-0.15, -0.1) is 0 Å². The highest BCUT2D eigenvalue weighted by molar-refractivity contribution is 7.88. The van der Waals surface area contributed by atoms with Gasteiger partial charge in [0.2, 0.25) is 10.0 Å². The summed E-state index contributed by atoms with van der Waals surface area (Å²) in [5, 5.41) is 7.04. The number of carbonyl (C=O) groups excluding carboxylic acids is 1. The number of benzene rings is 1. The molecule has 25 heavy (non-hydrogen) atoms. The first kappa shape index (κ1) is 17.6. The van der Waals surface area contributed by atoms with Crippen LogP contribution in [0.1, 0.15) is 29.8 Å². The molecule has 0 bridgehead atoms. The largest absolute Gasteiger partial charge is 0.333 e.